The number of nitro groups is 1. The van der Waals surface area contributed by atoms with Gasteiger partial charge in [-0.2, -0.15) is 0 Å². The largest absolute Gasteiger partial charge is 0.343 e. The molecule has 1 aromatic rings. The molecule has 0 radical (unpaired) electrons. The van der Waals surface area contributed by atoms with Gasteiger partial charge in [-0.3, -0.25) is 14.9 Å². The van der Waals surface area contributed by atoms with Crippen molar-refractivity contribution in [3.63, 3.8) is 0 Å². The summed E-state index contributed by atoms with van der Waals surface area (Å²) < 4.78 is 0. The minimum atomic E-state index is -0.465. The fraction of sp³-hybridized carbons (Fsp3) is 0.250. The molecule has 0 saturated carbocycles. The van der Waals surface area contributed by atoms with Gasteiger partial charge in [-0.05, 0) is 19.1 Å². The van der Waals surface area contributed by atoms with Gasteiger partial charge in [0.25, 0.3) is 5.69 Å². The summed E-state index contributed by atoms with van der Waals surface area (Å²) in [5.74, 6) is -0.175. The summed E-state index contributed by atoms with van der Waals surface area (Å²) in [5.41, 5.74) is 0.422. The van der Waals surface area contributed by atoms with Gasteiger partial charge in [0.2, 0.25) is 5.91 Å². The predicted octanol–water partition coefficient (Wildman–Crippen LogP) is 2.09. The zero-order valence-electron chi connectivity index (χ0n) is 9.79. The lowest BCUT2D eigenvalue weighted by Crippen LogP contribution is -2.23. The minimum Gasteiger partial charge on any atom is -0.343 e. The molecule has 5 nitrogen and oxygen atoms in total. The molecule has 0 heterocycles. The molecule has 1 amide bonds. The maximum Gasteiger partial charge on any atom is 0.276 e. The van der Waals surface area contributed by atoms with Crippen molar-refractivity contribution in [1.82, 2.24) is 4.90 Å². The van der Waals surface area contributed by atoms with Gasteiger partial charge in [-0.15, -0.1) is 0 Å². The Bertz CT molecular complexity index is 455. The van der Waals surface area contributed by atoms with Crippen molar-refractivity contribution in [3.8, 4) is 0 Å². The van der Waals surface area contributed by atoms with Crippen LogP contribution in [0.1, 0.15) is 12.5 Å². The van der Waals surface area contributed by atoms with E-state index in [0.29, 0.717) is 12.1 Å². The number of carbonyl (C=O) groups is 1. The van der Waals surface area contributed by atoms with E-state index in [9.17, 15) is 14.9 Å². The second-order valence-corrected chi connectivity index (χ2v) is 3.50. The quantitative estimate of drug-likeness (QED) is 0.455. The van der Waals surface area contributed by atoms with E-state index in [4.69, 9.17) is 0 Å². The van der Waals surface area contributed by atoms with Crippen LogP contribution in [0.25, 0.3) is 6.08 Å². The Morgan fingerprint density at radius 1 is 1.47 bits per heavy atom. The van der Waals surface area contributed by atoms with Crippen molar-refractivity contribution in [2.75, 3.05) is 13.6 Å². The molecule has 0 atom stereocenters. The molecule has 0 fully saturated rings. The minimum absolute atomic E-state index is 0.00398. The number of benzene rings is 1. The van der Waals surface area contributed by atoms with Gasteiger partial charge in [0.05, 0.1) is 10.5 Å². The average molecular weight is 234 g/mol. The SMILES string of the molecule is CCN(C)C(=O)/C=C/c1ccccc1[N+](=O)[O-]. The first kappa shape index (κ1) is 12.9. The topological polar surface area (TPSA) is 63.5 Å². The molecule has 0 aliphatic carbocycles. The highest BCUT2D eigenvalue weighted by Gasteiger charge is 2.10. The highest BCUT2D eigenvalue weighted by Crippen LogP contribution is 2.18. The zero-order valence-corrected chi connectivity index (χ0v) is 9.79. The van der Waals surface area contributed by atoms with E-state index in [0.717, 1.165) is 0 Å². The van der Waals surface area contributed by atoms with Crippen molar-refractivity contribution in [2.45, 2.75) is 6.92 Å². The van der Waals surface area contributed by atoms with Crippen LogP contribution in [-0.4, -0.2) is 29.3 Å². The number of para-hydroxylation sites is 1. The Kier molecular flexibility index (Phi) is 4.39. The third-order valence-corrected chi connectivity index (χ3v) is 2.39. The Morgan fingerprint density at radius 3 is 2.71 bits per heavy atom. The Labute approximate surface area is 99.5 Å². The van der Waals surface area contributed by atoms with E-state index < -0.39 is 4.92 Å². The highest BCUT2D eigenvalue weighted by molar-refractivity contribution is 5.92. The number of likely N-dealkylation sites (N-methyl/N-ethyl adjacent to an activating group) is 1. The third-order valence-electron chi connectivity index (χ3n) is 2.39. The predicted molar refractivity (Wildman–Crippen MR) is 65.4 cm³/mol. The summed E-state index contributed by atoms with van der Waals surface area (Å²) in [6.45, 7) is 2.46. The second kappa shape index (κ2) is 5.79. The van der Waals surface area contributed by atoms with E-state index in [1.54, 1.807) is 25.2 Å². The van der Waals surface area contributed by atoms with Crippen LogP contribution in [0.5, 0.6) is 0 Å². The maximum atomic E-state index is 11.5. The summed E-state index contributed by atoms with van der Waals surface area (Å²) in [4.78, 5) is 23.3. The van der Waals surface area contributed by atoms with E-state index in [2.05, 4.69) is 0 Å². The molecule has 1 aromatic carbocycles. The lowest BCUT2D eigenvalue weighted by Gasteiger charge is -2.10. The summed E-state index contributed by atoms with van der Waals surface area (Å²) in [5, 5.41) is 10.7. The normalized spacial score (nSPS) is 10.5. The van der Waals surface area contributed by atoms with Gasteiger partial charge in [-0.1, -0.05) is 12.1 Å². The van der Waals surface area contributed by atoms with E-state index in [1.165, 1.54) is 23.1 Å². The van der Waals surface area contributed by atoms with Crippen LogP contribution < -0.4 is 0 Å². The van der Waals surface area contributed by atoms with E-state index in [-0.39, 0.29) is 11.6 Å². The fourth-order valence-corrected chi connectivity index (χ4v) is 1.24. The smallest absolute Gasteiger partial charge is 0.276 e. The fourth-order valence-electron chi connectivity index (χ4n) is 1.24. The van der Waals surface area contributed by atoms with Crippen LogP contribution in [0.3, 0.4) is 0 Å². The van der Waals surface area contributed by atoms with Crippen LogP contribution in [0.4, 0.5) is 5.69 Å². The van der Waals surface area contributed by atoms with Crippen molar-refractivity contribution in [1.29, 1.82) is 0 Å². The number of rotatable bonds is 4. The molecule has 0 bridgehead atoms. The number of nitro benzene ring substituents is 1. The van der Waals surface area contributed by atoms with E-state index >= 15 is 0 Å². The Hall–Kier alpha value is -2.17. The first-order valence-electron chi connectivity index (χ1n) is 5.23. The summed E-state index contributed by atoms with van der Waals surface area (Å²) in [6, 6.07) is 6.30. The van der Waals surface area contributed by atoms with Crippen molar-refractivity contribution < 1.29 is 9.72 Å². The molecule has 0 spiro atoms. The van der Waals surface area contributed by atoms with Gasteiger partial charge in [0.1, 0.15) is 0 Å². The number of hydrogen-bond donors (Lipinski definition) is 0. The number of carbonyl (C=O) groups excluding carboxylic acids is 1. The molecule has 5 heteroatoms. The second-order valence-electron chi connectivity index (χ2n) is 3.50. The first-order valence-corrected chi connectivity index (χ1v) is 5.23. The Balaban J connectivity index is 2.92. The van der Waals surface area contributed by atoms with Crippen LogP contribution in [0.2, 0.25) is 0 Å². The van der Waals surface area contributed by atoms with Crippen LogP contribution in [0.15, 0.2) is 30.3 Å². The molecule has 90 valence electrons. The number of nitrogens with zero attached hydrogens (tertiary/aromatic N) is 2. The molecular formula is C12H14N2O3. The van der Waals surface area contributed by atoms with Crippen LogP contribution in [-0.2, 0) is 4.79 Å². The van der Waals surface area contributed by atoms with Crippen molar-refractivity contribution >= 4 is 17.7 Å². The van der Waals surface area contributed by atoms with Gasteiger partial charge in [0, 0.05) is 25.7 Å². The van der Waals surface area contributed by atoms with Crippen molar-refractivity contribution in [2.24, 2.45) is 0 Å². The van der Waals surface area contributed by atoms with Gasteiger partial charge in [0.15, 0.2) is 0 Å². The maximum absolute atomic E-state index is 11.5. The standard InChI is InChI=1S/C12H14N2O3/c1-3-13(2)12(15)9-8-10-6-4-5-7-11(10)14(16)17/h4-9H,3H2,1-2H3/b9-8+. The third kappa shape index (κ3) is 3.41. The molecule has 1 rings (SSSR count). The van der Waals surface area contributed by atoms with Crippen LogP contribution in [0, 0.1) is 10.1 Å². The molecule has 0 aromatic heterocycles. The van der Waals surface area contributed by atoms with Gasteiger partial charge in [-0.25, -0.2) is 0 Å². The highest BCUT2D eigenvalue weighted by atomic mass is 16.6. The first-order chi connectivity index (χ1) is 8.06. The lowest BCUT2D eigenvalue weighted by atomic mass is 10.1. The lowest BCUT2D eigenvalue weighted by molar-refractivity contribution is -0.385. The molecule has 17 heavy (non-hydrogen) atoms. The van der Waals surface area contributed by atoms with Crippen LogP contribution >= 0.6 is 0 Å². The van der Waals surface area contributed by atoms with Gasteiger partial charge < -0.3 is 4.90 Å². The summed E-state index contributed by atoms with van der Waals surface area (Å²) in [6.07, 6.45) is 2.80. The zero-order chi connectivity index (χ0) is 12.8. The van der Waals surface area contributed by atoms with E-state index in [1.807, 2.05) is 6.92 Å². The van der Waals surface area contributed by atoms with Gasteiger partial charge >= 0.3 is 0 Å². The molecule has 0 N–H and O–H groups in total. The number of amides is 1. The molecule has 0 saturated heterocycles. The Morgan fingerprint density at radius 2 is 2.12 bits per heavy atom. The molecule has 0 aliphatic heterocycles. The number of hydrogen-bond acceptors (Lipinski definition) is 3. The average Bonchev–Trinajstić information content (AvgIpc) is 2.35. The molecule has 0 aliphatic rings. The molecule has 0 unspecified atom stereocenters. The molecular weight excluding hydrogens is 220 g/mol. The van der Waals surface area contributed by atoms with Crippen molar-refractivity contribution in [3.05, 3.63) is 46.0 Å². The summed E-state index contributed by atoms with van der Waals surface area (Å²) >= 11 is 0. The summed E-state index contributed by atoms with van der Waals surface area (Å²) in [7, 11) is 1.67. The monoisotopic (exact) mass is 234 g/mol.